The van der Waals surface area contributed by atoms with E-state index in [1.165, 1.54) is 12.1 Å². The minimum Gasteiger partial charge on any atom is -0.389 e. The first-order valence-corrected chi connectivity index (χ1v) is 8.49. The molecular formula is C15H14BrFN2S2. The van der Waals surface area contributed by atoms with Crippen LogP contribution in [-0.4, -0.2) is 10.7 Å². The summed E-state index contributed by atoms with van der Waals surface area (Å²) >= 11 is 10.2. The predicted molar refractivity (Wildman–Crippen MR) is 96.1 cm³/mol. The number of nitrogens with two attached hydrogens (primary N) is 1. The van der Waals surface area contributed by atoms with Gasteiger partial charge in [0.25, 0.3) is 0 Å². The molecule has 110 valence electrons. The summed E-state index contributed by atoms with van der Waals surface area (Å²) in [7, 11) is 0. The molecule has 2 aromatic carbocycles. The van der Waals surface area contributed by atoms with Crippen LogP contribution in [0, 0.1) is 5.82 Å². The van der Waals surface area contributed by atoms with Crippen molar-refractivity contribution in [1.29, 1.82) is 0 Å². The van der Waals surface area contributed by atoms with Gasteiger partial charge in [0.1, 0.15) is 10.8 Å². The van der Waals surface area contributed by atoms with E-state index in [1.54, 1.807) is 17.8 Å². The van der Waals surface area contributed by atoms with Gasteiger partial charge in [-0.25, -0.2) is 4.39 Å². The highest BCUT2D eigenvalue weighted by Crippen LogP contribution is 2.33. The van der Waals surface area contributed by atoms with Crippen LogP contribution in [0.4, 0.5) is 15.8 Å². The number of rotatable bonds is 5. The highest BCUT2D eigenvalue weighted by Gasteiger charge is 2.12. The van der Waals surface area contributed by atoms with E-state index in [1.807, 2.05) is 18.2 Å². The van der Waals surface area contributed by atoms with E-state index in [2.05, 4.69) is 28.2 Å². The Labute approximate surface area is 141 Å². The molecule has 2 rings (SSSR count). The zero-order valence-electron chi connectivity index (χ0n) is 11.3. The highest BCUT2D eigenvalue weighted by atomic mass is 79.9. The molecule has 0 saturated heterocycles. The topological polar surface area (TPSA) is 38.0 Å². The van der Waals surface area contributed by atoms with Crippen LogP contribution in [0.5, 0.6) is 0 Å². The van der Waals surface area contributed by atoms with Crippen molar-refractivity contribution in [3.63, 3.8) is 0 Å². The van der Waals surface area contributed by atoms with Gasteiger partial charge in [0.2, 0.25) is 0 Å². The first kappa shape index (κ1) is 16.3. The molecule has 0 atom stereocenters. The van der Waals surface area contributed by atoms with Gasteiger partial charge in [-0.3, -0.25) is 0 Å². The van der Waals surface area contributed by atoms with Gasteiger partial charge in [0.15, 0.2) is 0 Å². The maximum absolute atomic E-state index is 13.4. The first-order chi connectivity index (χ1) is 10.0. The number of anilines is 2. The minimum absolute atomic E-state index is 0.309. The van der Waals surface area contributed by atoms with E-state index in [4.69, 9.17) is 18.0 Å². The molecule has 21 heavy (non-hydrogen) atoms. The van der Waals surface area contributed by atoms with Crippen molar-refractivity contribution in [2.45, 2.75) is 11.8 Å². The van der Waals surface area contributed by atoms with Crippen LogP contribution in [0.3, 0.4) is 0 Å². The molecule has 0 aromatic heterocycles. The molecule has 0 unspecified atom stereocenters. The summed E-state index contributed by atoms with van der Waals surface area (Å²) < 4.78 is 14.2. The second-order valence-electron chi connectivity index (χ2n) is 4.23. The Hall–Kier alpha value is -1.11. The number of nitrogens with one attached hydrogen (secondary N) is 1. The molecule has 0 bridgehead atoms. The van der Waals surface area contributed by atoms with Crippen molar-refractivity contribution in [2.24, 2.45) is 5.73 Å². The summed E-state index contributed by atoms with van der Waals surface area (Å²) in [4.78, 5) is 1.34. The molecule has 0 aliphatic rings. The lowest BCUT2D eigenvalue weighted by Gasteiger charge is -2.15. The van der Waals surface area contributed by atoms with Crippen LogP contribution in [-0.2, 0) is 0 Å². The molecule has 0 heterocycles. The second-order valence-corrected chi connectivity index (χ2v) is 6.83. The number of thiocarbonyl (C=S) groups is 1. The van der Waals surface area contributed by atoms with E-state index >= 15 is 0 Å². The van der Waals surface area contributed by atoms with Gasteiger partial charge in [-0.1, -0.05) is 25.2 Å². The molecule has 0 radical (unpaired) electrons. The lowest BCUT2D eigenvalue weighted by atomic mass is 10.1. The molecule has 6 heteroatoms. The van der Waals surface area contributed by atoms with Crippen molar-refractivity contribution in [3.05, 3.63) is 52.3 Å². The monoisotopic (exact) mass is 384 g/mol. The van der Waals surface area contributed by atoms with Crippen molar-refractivity contribution in [2.75, 3.05) is 11.1 Å². The molecule has 0 aliphatic carbocycles. The predicted octanol–water partition coefficient (Wildman–Crippen LogP) is 5.08. The Kier molecular flexibility index (Phi) is 5.61. The SMILES string of the molecule is CCSc1cccc(Nc2cc(F)ccc2Br)c1C(N)=S. The molecule has 0 spiro atoms. The molecular weight excluding hydrogens is 371 g/mol. The highest BCUT2D eigenvalue weighted by molar-refractivity contribution is 9.10. The van der Waals surface area contributed by atoms with E-state index < -0.39 is 0 Å². The summed E-state index contributed by atoms with van der Waals surface area (Å²) in [6, 6.07) is 10.3. The summed E-state index contributed by atoms with van der Waals surface area (Å²) in [6.07, 6.45) is 0. The third-order valence-corrected chi connectivity index (χ3v) is 4.61. The summed E-state index contributed by atoms with van der Waals surface area (Å²) in [5, 5.41) is 3.19. The van der Waals surface area contributed by atoms with E-state index in [-0.39, 0.29) is 5.82 Å². The summed E-state index contributed by atoms with van der Waals surface area (Å²) in [5.74, 6) is 0.611. The average Bonchev–Trinajstić information content (AvgIpc) is 2.43. The quantitative estimate of drug-likeness (QED) is 0.556. The second kappa shape index (κ2) is 7.24. The summed E-state index contributed by atoms with van der Waals surface area (Å²) in [5.41, 5.74) is 8.05. The Morgan fingerprint density at radius 3 is 2.76 bits per heavy atom. The van der Waals surface area contributed by atoms with Gasteiger partial charge < -0.3 is 11.1 Å². The van der Waals surface area contributed by atoms with Gasteiger partial charge >= 0.3 is 0 Å². The van der Waals surface area contributed by atoms with Crippen molar-refractivity contribution >= 4 is 56.3 Å². The Bertz CT molecular complexity index is 677. The molecule has 2 nitrogen and oxygen atoms in total. The van der Waals surface area contributed by atoms with Gasteiger partial charge in [-0.15, -0.1) is 11.8 Å². The lowest BCUT2D eigenvalue weighted by Crippen LogP contribution is -2.13. The number of hydrogen-bond acceptors (Lipinski definition) is 3. The average molecular weight is 385 g/mol. The van der Waals surface area contributed by atoms with Crippen molar-refractivity contribution < 1.29 is 4.39 Å². The maximum atomic E-state index is 13.4. The molecule has 3 N–H and O–H groups in total. The van der Waals surface area contributed by atoms with E-state index in [0.29, 0.717) is 10.7 Å². The van der Waals surface area contributed by atoms with Gasteiger partial charge in [0, 0.05) is 20.6 Å². The summed E-state index contributed by atoms with van der Waals surface area (Å²) in [6.45, 7) is 2.07. The molecule has 0 amide bonds. The van der Waals surface area contributed by atoms with Crippen LogP contribution < -0.4 is 11.1 Å². The van der Waals surface area contributed by atoms with Crippen LogP contribution in [0.25, 0.3) is 0 Å². The van der Waals surface area contributed by atoms with E-state index in [9.17, 15) is 4.39 Å². The van der Waals surface area contributed by atoms with E-state index in [0.717, 1.165) is 26.4 Å². The number of thioether (sulfide) groups is 1. The van der Waals surface area contributed by atoms with Gasteiger partial charge in [-0.2, -0.15) is 0 Å². The Morgan fingerprint density at radius 2 is 2.10 bits per heavy atom. The van der Waals surface area contributed by atoms with Crippen molar-refractivity contribution in [1.82, 2.24) is 0 Å². The fraction of sp³-hybridized carbons (Fsp3) is 0.133. The zero-order chi connectivity index (χ0) is 15.4. The normalized spacial score (nSPS) is 10.4. The molecule has 2 aromatic rings. The van der Waals surface area contributed by atoms with Crippen LogP contribution in [0.15, 0.2) is 45.8 Å². The third-order valence-electron chi connectivity index (χ3n) is 2.77. The Balaban J connectivity index is 2.46. The van der Waals surface area contributed by atoms with Crippen LogP contribution in [0.1, 0.15) is 12.5 Å². The standard InChI is InChI=1S/C15H14BrFN2S2/c1-2-21-13-5-3-4-11(14(13)15(18)20)19-12-8-9(17)6-7-10(12)16/h3-8,19H,2H2,1H3,(H2,18,20). The van der Waals surface area contributed by atoms with Gasteiger partial charge in [-0.05, 0) is 52.0 Å². The first-order valence-electron chi connectivity index (χ1n) is 6.30. The molecule has 0 aliphatic heterocycles. The van der Waals surface area contributed by atoms with Crippen LogP contribution in [0.2, 0.25) is 0 Å². The zero-order valence-corrected chi connectivity index (χ0v) is 14.5. The lowest BCUT2D eigenvalue weighted by molar-refractivity contribution is 0.628. The fourth-order valence-corrected chi connectivity index (χ4v) is 3.38. The van der Waals surface area contributed by atoms with Crippen molar-refractivity contribution in [3.8, 4) is 0 Å². The third kappa shape index (κ3) is 3.96. The maximum Gasteiger partial charge on any atom is 0.125 e. The molecule has 0 saturated carbocycles. The van der Waals surface area contributed by atoms with Gasteiger partial charge in [0.05, 0.1) is 5.69 Å². The number of benzene rings is 2. The largest absolute Gasteiger partial charge is 0.389 e. The molecule has 0 fully saturated rings. The minimum atomic E-state index is -0.309. The smallest absolute Gasteiger partial charge is 0.125 e. The van der Waals surface area contributed by atoms with Crippen LogP contribution >= 0.6 is 39.9 Å². The Morgan fingerprint density at radius 1 is 1.33 bits per heavy atom. The number of hydrogen-bond donors (Lipinski definition) is 2. The fourth-order valence-electron chi connectivity index (χ4n) is 1.90. The number of halogens is 2.